The number of halogens is 1. The fourth-order valence-corrected chi connectivity index (χ4v) is 1.73. The van der Waals surface area contributed by atoms with Crippen LogP contribution >= 0.6 is 11.6 Å². The van der Waals surface area contributed by atoms with Gasteiger partial charge in [-0.15, -0.1) is 0 Å². The SMILES string of the molecule is Cc1ncccc1-n1cc(Cl)cc1C(=O)O. The molecule has 0 amide bonds. The van der Waals surface area contributed by atoms with E-state index >= 15 is 0 Å². The summed E-state index contributed by atoms with van der Waals surface area (Å²) in [6, 6.07) is 4.96. The third kappa shape index (κ3) is 1.79. The summed E-state index contributed by atoms with van der Waals surface area (Å²) in [6.45, 7) is 1.81. The van der Waals surface area contributed by atoms with Gasteiger partial charge < -0.3 is 9.67 Å². The Kier molecular flexibility index (Phi) is 2.66. The minimum absolute atomic E-state index is 0.126. The fraction of sp³-hybridized carbons (Fsp3) is 0.0909. The summed E-state index contributed by atoms with van der Waals surface area (Å²) in [5.74, 6) is -1.02. The van der Waals surface area contributed by atoms with Gasteiger partial charge in [0.15, 0.2) is 0 Å². The number of aryl methyl sites for hydroxylation is 1. The molecular weight excluding hydrogens is 228 g/mol. The summed E-state index contributed by atoms with van der Waals surface area (Å²) < 4.78 is 1.52. The van der Waals surface area contributed by atoms with E-state index in [1.807, 2.05) is 6.92 Å². The zero-order valence-corrected chi connectivity index (χ0v) is 9.27. The van der Waals surface area contributed by atoms with Crippen LogP contribution in [0.25, 0.3) is 5.69 Å². The second-order valence-electron chi connectivity index (χ2n) is 3.33. The lowest BCUT2D eigenvalue weighted by Crippen LogP contribution is -2.07. The van der Waals surface area contributed by atoms with Gasteiger partial charge in [-0.05, 0) is 25.1 Å². The molecule has 0 saturated carbocycles. The molecule has 16 heavy (non-hydrogen) atoms. The van der Waals surface area contributed by atoms with Gasteiger partial charge in [-0.25, -0.2) is 4.79 Å². The van der Waals surface area contributed by atoms with E-state index < -0.39 is 5.97 Å². The Morgan fingerprint density at radius 2 is 2.31 bits per heavy atom. The van der Waals surface area contributed by atoms with Crippen LogP contribution in [0.15, 0.2) is 30.6 Å². The van der Waals surface area contributed by atoms with Gasteiger partial charge in [0, 0.05) is 12.4 Å². The fourth-order valence-electron chi connectivity index (χ4n) is 1.52. The van der Waals surface area contributed by atoms with E-state index in [1.54, 1.807) is 24.5 Å². The molecule has 0 spiro atoms. The summed E-state index contributed by atoms with van der Waals surface area (Å²) in [6.07, 6.45) is 3.22. The van der Waals surface area contributed by atoms with Crippen LogP contribution in [-0.2, 0) is 0 Å². The molecule has 82 valence electrons. The summed E-state index contributed by atoms with van der Waals surface area (Å²) in [5.41, 5.74) is 1.59. The number of nitrogens with zero attached hydrogens (tertiary/aromatic N) is 2. The number of pyridine rings is 1. The predicted molar refractivity (Wildman–Crippen MR) is 60.3 cm³/mol. The van der Waals surface area contributed by atoms with Gasteiger partial charge >= 0.3 is 5.97 Å². The number of aromatic nitrogens is 2. The number of rotatable bonds is 2. The van der Waals surface area contributed by atoms with Crippen LogP contribution in [0.5, 0.6) is 0 Å². The molecule has 0 radical (unpaired) electrons. The highest BCUT2D eigenvalue weighted by molar-refractivity contribution is 6.31. The highest BCUT2D eigenvalue weighted by Gasteiger charge is 2.14. The van der Waals surface area contributed by atoms with Crippen molar-refractivity contribution < 1.29 is 9.90 Å². The zero-order valence-electron chi connectivity index (χ0n) is 8.51. The molecule has 0 aliphatic heterocycles. The second-order valence-corrected chi connectivity index (χ2v) is 3.76. The predicted octanol–water partition coefficient (Wildman–Crippen LogP) is 2.53. The van der Waals surface area contributed by atoms with Crippen molar-refractivity contribution in [3.8, 4) is 5.69 Å². The van der Waals surface area contributed by atoms with Gasteiger partial charge in [-0.3, -0.25) is 4.98 Å². The maximum absolute atomic E-state index is 11.0. The van der Waals surface area contributed by atoms with Crippen molar-refractivity contribution in [2.75, 3.05) is 0 Å². The smallest absolute Gasteiger partial charge is 0.352 e. The molecule has 1 N–H and O–H groups in total. The van der Waals surface area contributed by atoms with Crippen molar-refractivity contribution in [2.45, 2.75) is 6.92 Å². The third-order valence-corrected chi connectivity index (χ3v) is 2.45. The van der Waals surface area contributed by atoms with E-state index in [0.717, 1.165) is 5.69 Å². The number of carbonyl (C=O) groups is 1. The topological polar surface area (TPSA) is 55.1 Å². The number of hydrogen-bond acceptors (Lipinski definition) is 2. The third-order valence-electron chi connectivity index (χ3n) is 2.24. The minimum atomic E-state index is -1.02. The monoisotopic (exact) mass is 236 g/mol. The Bertz CT molecular complexity index is 549. The number of carboxylic acid groups (broad SMARTS) is 1. The second kappa shape index (κ2) is 3.98. The Morgan fingerprint density at radius 3 is 2.94 bits per heavy atom. The molecule has 2 rings (SSSR count). The molecule has 4 nitrogen and oxygen atoms in total. The number of carboxylic acids is 1. The highest BCUT2D eigenvalue weighted by Crippen LogP contribution is 2.20. The molecular formula is C11H9ClN2O2. The first-order valence-corrected chi connectivity index (χ1v) is 5.00. The Balaban J connectivity index is 2.64. The average molecular weight is 237 g/mol. The summed E-state index contributed by atoms with van der Waals surface area (Å²) >= 11 is 5.81. The Morgan fingerprint density at radius 1 is 1.56 bits per heavy atom. The molecule has 2 heterocycles. The van der Waals surface area contributed by atoms with Crippen LogP contribution in [0.4, 0.5) is 0 Å². The molecule has 2 aromatic rings. The van der Waals surface area contributed by atoms with E-state index in [1.165, 1.54) is 10.6 Å². The van der Waals surface area contributed by atoms with Crippen LogP contribution in [-0.4, -0.2) is 20.6 Å². The maximum Gasteiger partial charge on any atom is 0.352 e. The zero-order chi connectivity index (χ0) is 11.7. The van der Waals surface area contributed by atoms with Crippen LogP contribution in [0.1, 0.15) is 16.2 Å². The van der Waals surface area contributed by atoms with E-state index in [0.29, 0.717) is 10.7 Å². The maximum atomic E-state index is 11.0. The molecule has 0 fully saturated rings. The first-order chi connectivity index (χ1) is 7.59. The summed E-state index contributed by atoms with van der Waals surface area (Å²) in [5, 5.41) is 9.42. The summed E-state index contributed by atoms with van der Waals surface area (Å²) in [7, 11) is 0. The van der Waals surface area contributed by atoms with Gasteiger partial charge in [0.2, 0.25) is 0 Å². The molecule has 0 unspecified atom stereocenters. The van der Waals surface area contributed by atoms with Gasteiger partial charge in [-0.1, -0.05) is 11.6 Å². The van der Waals surface area contributed by atoms with Gasteiger partial charge in [-0.2, -0.15) is 0 Å². The van der Waals surface area contributed by atoms with E-state index in [9.17, 15) is 4.79 Å². The van der Waals surface area contributed by atoms with E-state index in [4.69, 9.17) is 16.7 Å². The van der Waals surface area contributed by atoms with Gasteiger partial charge in [0.05, 0.1) is 16.4 Å². The standard InChI is InChI=1S/C11H9ClN2O2/c1-7-9(3-2-4-13-7)14-6-8(12)5-10(14)11(15)16/h2-6H,1H3,(H,15,16). The van der Waals surface area contributed by atoms with Crippen LogP contribution < -0.4 is 0 Å². The normalized spacial score (nSPS) is 10.4. The molecule has 0 atom stereocenters. The quantitative estimate of drug-likeness (QED) is 0.872. The summed E-state index contributed by atoms with van der Waals surface area (Å²) in [4.78, 5) is 15.1. The Hall–Kier alpha value is -1.81. The van der Waals surface area contributed by atoms with Crippen LogP contribution in [0, 0.1) is 6.92 Å². The highest BCUT2D eigenvalue weighted by atomic mass is 35.5. The molecule has 0 aliphatic rings. The van der Waals surface area contributed by atoms with Crippen molar-refractivity contribution >= 4 is 17.6 Å². The first-order valence-electron chi connectivity index (χ1n) is 4.63. The molecule has 0 bridgehead atoms. The lowest BCUT2D eigenvalue weighted by atomic mass is 10.3. The van der Waals surface area contributed by atoms with Crippen molar-refractivity contribution in [1.82, 2.24) is 9.55 Å². The van der Waals surface area contributed by atoms with Crippen molar-refractivity contribution in [2.24, 2.45) is 0 Å². The number of hydrogen-bond donors (Lipinski definition) is 1. The van der Waals surface area contributed by atoms with Crippen LogP contribution in [0.3, 0.4) is 0 Å². The minimum Gasteiger partial charge on any atom is -0.477 e. The number of aromatic carboxylic acids is 1. The van der Waals surface area contributed by atoms with Crippen molar-refractivity contribution in [1.29, 1.82) is 0 Å². The van der Waals surface area contributed by atoms with E-state index in [2.05, 4.69) is 4.98 Å². The lowest BCUT2D eigenvalue weighted by Gasteiger charge is -2.07. The molecule has 2 aromatic heterocycles. The Labute approximate surface area is 97.1 Å². The molecule has 0 aliphatic carbocycles. The van der Waals surface area contributed by atoms with E-state index in [-0.39, 0.29) is 5.69 Å². The van der Waals surface area contributed by atoms with Crippen molar-refractivity contribution in [3.05, 3.63) is 47.0 Å². The lowest BCUT2D eigenvalue weighted by molar-refractivity contribution is 0.0688. The largest absolute Gasteiger partial charge is 0.477 e. The first kappa shape index (κ1) is 10.7. The average Bonchev–Trinajstić information content (AvgIpc) is 2.61. The molecule has 0 saturated heterocycles. The van der Waals surface area contributed by atoms with Gasteiger partial charge in [0.1, 0.15) is 5.69 Å². The molecule has 0 aromatic carbocycles. The molecule has 5 heteroatoms. The van der Waals surface area contributed by atoms with Gasteiger partial charge in [0.25, 0.3) is 0 Å². The van der Waals surface area contributed by atoms with Crippen molar-refractivity contribution in [3.63, 3.8) is 0 Å². The van der Waals surface area contributed by atoms with Crippen LogP contribution in [0.2, 0.25) is 5.02 Å².